The Hall–Kier alpha value is -2.09. The van der Waals surface area contributed by atoms with Gasteiger partial charge in [-0.05, 0) is 74.3 Å². The van der Waals surface area contributed by atoms with Crippen LogP contribution in [-0.4, -0.2) is 5.97 Å². The molecule has 2 aromatic carbocycles. The molecule has 0 amide bonds. The third-order valence-electron chi connectivity index (χ3n) is 5.36. The molecule has 1 aliphatic carbocycles. The third kappa shape index (κ3) is 4.72. The Morgan fingerprint density at radius 2 is 1.76 bits per heavy atom. The van der Waals surface area contributed by atoms with Crippen LogP contribution in [0.2, 0.25) is 0 Å². The first-order valence-corrected chi connectivity index (χ1v) is 9.54. The van der Waals surface area contributed by atoms with Crippen molar-refractivity contribution in [2.24, 2.45) is 5.92 Å². The smallest absolute Gasteiger partial charge is 0.343 e. The van der Waals surface area contributed by atoms with Gasteiger partial charge in [-0.1, -0.05) is 49.6 Å². The summed E-state index contributed by atoms with van der Waals surface area (Å²) in [6.45, 7) is 4.25. The van der Waals surface area contributed by atoms with Crippen molar-refractivity contribution in [1.29, 1.82) is 0 Å². The Morgan fingerprint density at radius 1 is 1.04 bits per heavy atom. The Bertz CT molecular complexity index is 694. The molecule has 3 rings (SSSR count). The number of hydrogen-bond acceptors (Lipinski definition) is 2. The van der Waals surface area contributed by atoms with Crippen LogP contribution in [0.15, 0.2) is 48.5 Å². The lowest BCUT2D eigenvalue weighted by Crippen LogP contribution is -2.13. The van der Waals surface area contributed by atoms with Crippen molar-refractivity contribution in [1.82, 2.24) is 0 Å². The van der Waals surface area contributed by atoms with E-state index in [4.69, 9.17) is 4.74 Å². The highest BCUT2D eigenvalue weighted by molar-refractivity contribution is 5.91. The molecule has 132 valence electrons. The highest BCUT2D eigenvalue weighted by Crippen LogP contribution is 2.37. The van der Waals surface area contributed by atoms with Crippen LogP contribution in [0.5, 0.6) is 5.75 Å². The largest absolute Gasteiger partial charge is 0.423 e. The van der Waals surface area contributed by atoms with Gasteiger partial charge in [0, 0.05) is 0 Å². The van der Waals surface area contributed by atoms with Crippen LogP contribution < -0.4 is 4.74 Å². The quantitative estimate of drug-likeness (QED) is 0.474. The second-order valence-electron chi connectivity index (χ2n) is 7.33. The minimum Gasteiger partial charge on any atom is -0.423 e. The van der Waals surface area contributed by atoms with E-state index in [1.54, 1.807) is 6.07 Å². The fourth-order valence-corrected chi connectivity index (χ4v) is 3.94. The van der Waals surface area contributed by atoms with Gasteiger partial charge in [0.1, 0.15) is 5.75 Å². The molecule has 1 aliphatic rings. The Morgan fingerprint density at radius 3 is 2.40 bits per heavy atom. The molecule has 2 nitrogen and oxygen atoms in total. The molecule has 0 aromatic heterocycles. The maximum atomic E-state index is 12.2. The predicted octanol–water partition coefficient (Wildman–Crippen LogP) is 6.29. The zero-order valence-electron chi connectivity index (χ0n) is 15.3. The van der Waals surface area contributed by atoms with E-state index < -0.39 is 0 Å². The standard InChI is InChI=1S/C23H28O2/c1-3-5-18-8-10-19(11-9-18)20-12-14-22(15-13-20)25-23(24)21-7-4-6-17(2)16-21/h4,6-7,12-16,18-19H,3,5,8-11H2,1-2H3. The van der Waals surface area contributed by atoms with E-state index >= 15 is 0 Å². The number of ether oxygens (including phenoxy) is 1. The van der Waals surface area contributed by atoms with Crippen LogP contribution in [0, 0.1) is 12.8 Å². The second kappa shape index (κ2) is 8.33. The summed E-state index contributed by atoms with van der Waals surface area (Å²) in [5, 5.41) is 0. The number of carbonyl (C=O) groups excluding carboxylic acids is 1. The number of carbonyl (C=O) groups is 1. The van der Waals surface area contributed by atoms with E-state index in [1.807, 2.05) is 37.3 Å². The molecule has 0 heterocycles. The maximum Gasteiger partial charge on any atom is 0.343 e. The van der Waals surface area contributed by atoms with Crippen LogP contribution in [0.4, 0.5) is 0 Å². The van der Waals surface area contributed by atoms with Gasteiger partial charge in [-0.3, -0.25) is 0 Å². The van der Waals surface area contributed by atoms with Crippen LogP contribution in [0.1, 0.15) is 72.9 Å². The van der Waals surface area contributed by atoms with Gasteiger partial charge in [-0.25, -0.2) is 4.79 Å². The van der Waals surface area contributed by atoms with E-state index in [2.05, 4.69) is 19.1 Å². The summed E-state index contributed by atoms with van der Waals surface area (Å²) in [4.78, 5) is 12.2. The molecule has 0 aliphatic heterocycles. The summed E-state index contributed by atoms with van der Waals surface area (Å²) in [6, 6.07) is 15.6. The van der Waals surface area contributed by atoms with E-state index in [0.29, 0.717) is 17.2 Å². The minimum atomic E-state index is -0.295. The average molecular weight is 336 g/mol. The molecule has 0 unspecified atom stereocenters. The van der Waals surface area contributed by atoms with Crippen LogP contribution >= 0.6 is 0 Å². The normalized spacial score (nSPS) is 20.2. The first-order chi connectivity index (χ1) is 12.2. The molecule has 0 radical (unpaired) electrons. The minimum absolute atomic E-state index is 0.295. The summed E-state index contributed by atoms with van der Waals surface area (Å²) in [6.07, 6.45) is 7.95. The van der Waals surface area contributed by atoms with E-state index in [-0.39, 0.29) is 5.97 Å². The molecule has 1 saturated carbocycles. The number of hydrogen-bond donors (Lipinski definition) is 0. The molecule has 0 N–H and O–H groups in total. The van der Waals surface area contributed by atoms with E-state index in [1.165, 1.54) is 44.1 Å². The van der Waals surface area contributed by atoms with Crippen LogP contribution in [0.3, 0.4) is 0 Å². The Labute approximate surface area is 151 Å². The second-order valence-corrected chi connectivity index (χ2v) is 7.33. The Kier molecular flexibility index (Phi) is 5.91. The van der Waals surface area contributed by atoms with Crippen molar-refractivity contribution in [3.05, 3.63) is 65.2 Å². The SMILES string of the molecule is CCCC1CCC(c2ccc(OC(=O)c3cccc(C)c3)cc2)CC1. The number of aryl methyl sites for hydroxylation is 1. The lowest BCUT2D eigenvalue weighted by Gasteiger charge is -2.28. The monoisotopic (exact) mass is 336 g/mol. The Balaban J connectivity index is 1.58. The van der Waals surface area contributed by atoms with E-state index in [0.717, 1.165) is 11.5 Å². The zero-order chi connectivity index (χ0) is 17.6. The van der Waals surface area contributed by atoms with Gasteiger partial charge in [0.15, 0.2) is 0 Å². The summed E-state index contributed by atoms with van der Waals surface area (Å²) in [7, 11) is 0. The van der Waals surface area contributed by atoms with Crippen molar-refractivity contribution in [2.75, 3.05) is 0 Å². The van der Waals surface area contributed by atoms with Crippen molar-refractivity contribution in [2.45, 2.75) is 58.3 Å². The molecule has 25 heavy (non-hydrogen) atoms. The molecule has 0 spiro atoms. The van der Waals surface area contributed by atoms with Crippen molar-refractivity contribution < 1.29 is 9.53 Å². The van der Waals surface area contributed by atoms with Gasteiger partial charge in [-0.15, -0.1) is 0 Å². The van der Waals surface area contributed by atoms with Crippen molar-refractivity contribution >= 4 is 5.97 Å². The molecule has 1 fully saturated rings. The van der Waals surface area contributed by atoms with Crippen LogP contribution in [0.25, 0.3) is 0 Å². The molecular formula is C23H28O2. The van der Waals surface area contributed by atoms with Gasteiger partial charge in [-0.2, -0.15) is 0 Å². The predicted molar refractivity (Wildman–Crippen MR) is 102 cm³/mol. The van der Waals surface area contributed by atoms with E-state index in [9.17, 15) is 4.79 Å². The number of esters is 1. The molecule has 0 atom stereocenters. The molecule has 0 bridgehead atoms. The third-order valence-corrected chi connectivity index (χ3v) is 5.36. The van der Waals surface area contributed by atoms with Gasteiger partial charge >= 0.3 is 5.97 Å². The highest BCUT2D eigenvalue weighted by atomic mass is 16.5. The van der Waals surface area contributed by atoms with Crippen molar-refractivity contribution in [3.8, 4) is 5.75 Å². The fourth-order valence-electron chi connectivity index (χ4n) is 3.94. The summed E-state index contributed by atoms with van der Waals surface area (Å²) in [5.41, 5.74) is 3.03. The summed E-state index contributed by atoms with van der Waals surface area (Å²) in [5.74, 6) is 1.91. The molecular weight excluding hydrogens is 308 g/mol. The molecule has 0 saturated heterocycles. The lowest BCUT2D eigenvalue weighted by atomic mass is 9.77. The summed E-state index contributed by atoms with van der Waals surface area (Å²) >= 11 is 0. The molecule has 2 aromatic rings. The average Bonchev–Trinajstić information content (AvgIpc) is 2.63. The highest BCUT2D eigenvalue weighted by Gasteiger charge is 2.21. The first kappa shape index (κ1) is 17.7. The van der Waals surface area contributed by atoms with Gasteiger partial charge in [0.25, 0.3) is 0 Å². The summed E-state index contributed by atoms with van der Waals surface area (Å²) < 4.78 is 5.51. The number of benzene rings is 2. The first-order valence-electron chi connectivity index (χ1n) is 9.54. The lowest BCUT2D eigenvalue weighted by molar-refractivity contribution is 0.0734. The molecule has 2 heteroatoms. The topological polar surface area (TPSA) is 26.3 Å². The zero-order valence-corrected chi connectivity index (χ0v) is 15.3. The number of rotatable bonds is 5. The van der Waals surface area contributed by atoms with Crippen LogP contribution in [-0.2, 0) is 0 Å². The van der Waals surface area contributed by atoms with Gasteiger partial charge in [0.2, 0.25) is 0 Å². The van der Waals surface area contributed by atoms with Crippen molar-refractivity contribution in [3.63, 3.8) is 0 Å². The van der Waals surface area contributed by atoms with Gasteiger partial charge < -0.3 is 4.74 Å². The fraction of sp³-hybridized carbons (Fsp3) is 0.435. The maximum absolute atomic E-state index is 12.2. The van der Waals surface area contributed by atoms with Gasteiger partial charge in [0.05, 0.1) is 5.56 Å².